The molecule has 0 aliphatic rings. The maximum atomic E-state index is 13.3. The van der Waals surface area contributed by atoms with E-state index in [9.17, 15) is 45.2 Å². The summed E-state index contributed by atoms with van der Waals surface area (Å²) in [6, 6.07) is 2.94. The van der Waals surface area contributed by atoms with Crippen molar-refractivity contribution < 1.29 is 40.0 Å². The molecule has 15 heteroatoms. The van der Waals surface area contributed by atoms with Gasteiger partial charge in [-0.3, -0.25) is 14.8 Å². The van der Waals surface area contributed by atoms with Gasteiger partial charge >= 0.3 is 18.3 Å². The number of nitro groups is 1. The number of nitrogens with zero attached hydrogens (tertiary/aromatic N) is 5. The Kier molecular flexibility index (Phi) is 5.61. The van der Waals surface area contributed by atoms with Gasteiger partial charge in [0.25, 0.3) is 5.69 Å². The third-order valence-corrected chi connectivity index (χ3v) is 4.17. The first-order valence-electron chi connectivity index (χ1n) is 8.35. The van der Waals surface area contributed by atoms with Crippen LogP contribution >= 0.6 is 0 Å². The van der Waals surface area contributed by atoms with Crippen LogP contribution in [0.1, 0.15) is 11.1 Å². The van der Waals surface area contributed by atoms with Crippen LogP contribution in [0, 0.1) is 10.1 Å². The Morgan fingerprint density at radius 2 is 1.75 bits per heavy atom. The van der Waals surface area contributed by atoms with Gasteiger partial charge in [-0.2, -0.15) is 40.2 Å². The second kappa shape index (κ2) is 7.80. The van der Waals surface area contributed by atoms with Gasteiger partial charge in [0.15, 0.2) is 5.82 Å². The van der Waals surface area contributed by atoms with Crippen molar-refractivity contribution in [2.45, 2.75) is 24.8 Å². The Morgan fingerprint density at radius 1 is 1.06 bits per heavy atom. The lowest BCUT2D eigenvalue weighted by Crippen LogP contribution is -2.40. The molecule has 0 spiro atoms. The molecular formula is C17H9F8N5O2. The molecule has 0 unspecified atom stereocenters. The molecule has 2 heterocycles. The third kappa shape index (κ3) is 4.65. The zero-order chi connectivity index (χ0) is 23.9. The fraction of sp³-hybridized carbons (Fsp3) is 0.235. The summed E-state index contributed by atoms with van der Waals surface area (Å²) in [5.41, 5.74) is -2.53. The first kappa shape index (κ1) is 23.0. The predicted molar refractivity (Wildman–Crippen MR) is 93.9 cm³/mol. The van der Waals surface area contributed by atoms with Gasteiger partial charge in [0.1, 0.15) is 6.54 Å². The molecular weight excluding hydrogens is 458 g/mol. The van der Waals surface area contributed by atoms with Gasteiger partial charge in [-0.15, -0.1) is 0 Å². The molecule has 3 rings (SSSR count). The number of benzene rings is 1. The van der Waals surface area contributed by atoms with Gasteiger partial charge in [0, 0.05) is 17.7 Å². The number of nitro benzene ring substituents is 1. The summed E-state index contributed by atoms with van der Waals surface area (Å²) < 4.78 is 102. The zero-order valence-electron chi connectivity index (χ0n) is 15.3. The fourth-order valence-corrected chi connectivity index (χ4v) is 2.56. The van der Waals surface area contributed by atoms with Crippen LogP contribution in [0.15, 0.2) is 41.7 Å². The van der Waals surface area contributed by atoms with Crippen molar-refractivity contribution in [1.29, 1.82) is 0 Å². The van der Waals surface area contributed by atoms with E-state index in [0.29, 0.717) is 16.8 Å². The Bertz CT molecular complexity index is 1200. The fourth-order valence-electron chi connectivity index (χ4n) is 2.56. The average molecular weight is 467 g/mol. The average Bonchev–Trinajstić information content (AvgIpc) is 3.06. The lowest BCUT2D eigenvalue weighted by Gasteiger charge is -2.19. The first-order chi connectivity index (χ1) is 14.7. The number of hydrogen-bond donors (Lipinski definition) is 0. The van der Waals surface area contributed by atoms with Crippen molar-refractivity contribution in [3.05, 3.63) is 57.9 Å². The number of pyridine rings is 1. The molecule has 0 saturated heterocycles. The van der Waals surface area contributed by atoms with Gasteiger partial charge in [0.2, 0.25) is 0 Å². The number of rotatable bonds is 5. The van der Waals surface area contributed by atoms with E-state index in [0.717, 1.165) is 30.7 Å². The topological polar surface area (TPSA) is 86.2 Å². The van der Waals surface area contributed by atoms with Gasteiger partial charge in [-0.25, -0.2) is 9.98 Å². The molecule has 0 amide bonds. The predicted octanol–water partition coefficient (Wildman–Crippen LogP) is 5.31. The number of alkyl halides is 8. The number of aromatic nitrogens is 3. The number of aliphatic imine (C=N–C) groups is 1. The normalized spacial score (nSPS) is 13.2. The van der Waals surface area contributed by atoms with Gasteiger partial charge < -0.3 is 0 Å². The summed E-state index contributed by atoms with van der Waals surface area (Å²) in [6.07, 6.45) is -7.80. The van der Waals surface area contributed by atoms with Crippen LogP contribution < -0.4 is 0 Å². The van der Waals surface area contributed by atoms with Crippen LogP contribution in [0.25, 0.3) is 10.9 Å². The lowest BCUT2D eigenvalue weighted by molar-refractivity contribution is -0.385. The van der Waals surface area contributed by atoms with Crippen LogP contribution in [0.3, 0.4) is 0 Å². The smallest absolute Gasteiger partial charge is 0.258 e. The van der Waals surface area contributed by atoms with Crippen molar-refractivity contribution >= 4 is 28.6 Å². The van der Waals surface area contributed by atoms with Crippen LogP contribution in [-0.2, 0) is 12.7 Å². The summed E-state index contributed by atoms with van der Waals surface area (Å²) in [5.74, 6) is -5.18. The van der Waals surface area contributed by atoms with Gasteiger partial charge in [-0.05, 0) is 18.2 Å². The molecule has 2 aromatic heterocycles. The van der Waals surface area contributed by atoms with E-state index in [1.54, 1.807) is 0 Å². The Balaban J connectivity index is 1.90. The van der Waals surface area contributed by atoms with Crippen LogP contribution in [0.5, 0.6) is 0 Å². The molecule has 0 N–H and O–H groups in total. The second-order valence-electron chi connectivity index (χ2n) is 6.39. The van der Waals surface area contributed by atoms with Crippen LogP contribution in [-0.4, -0.2) is 38.0 Å². The minimum atomic E-state index is -5.78. The maximum Gasteiger partial charge on any atom is 0.455 e. The lowest BCUT2D eigenvalue weighted by atomic mass is 10.1. The third-order valence-electron chi connectivity index (χ3n) is 4.17. The highest BCUT2D eigenvalue weighted by Gasteiger charge is 2.57. The number of fused-ring (bicyclic) bond motifs is 1. The molecule has 0 atom stereocenters. The van der Waals surface area contributed by atoms with E-state index in [4.69, 9.17) is 0 Å². The molecule has 3 aromatic rings. The maximum absolute atomic E-state index is 13.3. The summed E-state index contributed by atoms with van der Waals surface area (Å²) in [6.45, 7) is -1.78. The number of hydrogen-bond acceptors (Lipinski definition) is 5. The van der Waals surface area contributed by atoms with Crippen molar-refractivity contribution in [2.75, 3.05) is 0 Å². The standard InChI is InChI=1S/C17H9F8N5O2/c18-15(19,17(23,24)25)8-29-13-7-27-14(3-10(13)6-28-29)26-5-9-1-2-11(16(20,21)22)4-12(9)30(31)32/h1-7H,8H2. The van der Waals surface area contributed by atoms with Crippen molar-refractivity contribution in [2.24, 2.45) is 4.99 Å². The van der Waals surface area contributed by atoms with Gasteiger partial charge in [0.05, 0.1) is 34.0 Å². The zero-order valence-corrected chi connectivity index (χ0v) is 15.3. The van der Waals surface area contributed by atoms with E-state index in [-0.39, 0.29) is 22.3 Å². The molecule has 0 radical (unpaired) electrons. The molecule has 7 nitrogen and oxygen atoms in total. The molecule has 0 saturated carbocycles. The number of halogens is 8. The Labute approximate surface area is 172 Å². The first-order valence-corrected chi connectivity index (χ1v) is 8.35. The Hall–Kier alpha value is -3.65. The van der Waals surface area contributed by atoms with E-state index in [1.807, 2.05) is 0 Å². The van der Waals surface area contributed by atoms with E-state index in [2.05, 4.69) is 15.1 Å². The Morgan fingerprint density at radius 3 is 2.34 bits per heavy atom. The summed E-state index contributed by atoms with van der Waals surface area (Å²) >= 11 is 0. The summed E-state index contributed by atoms with van der Waals surface area (Å²) in [7, 11) is 0. The van der Waals surface area contributed by atoms with Crippen molar-refractivity contribution in [3.63, 3.8) is 0 Å². The van der Waals surface area contributed by atoms with E-state index < -0.39 is 41.0 Å². The highest BCUT2D eigenvalue weighted by molar-refractivity contribution is 5.88. The molecule has 170 valence electrons. The molecule has 0 bridgehead atoms. The van der Waals surface area contributed by atoms with E-state index in [1.165, 1.54) is 0 Å². The van der Waals surface area contributed by atoms with Gasteiger partial charge in [-0.1, -0.05) is 0 Å². The van der Waals surface area contributed by atoms with Crippen LogP contribution in [0.2, 0.25) is 0 Å². The van der Waals surface area contributed by atoms with Crippen LogP contribution in [0.4, 0.5) is 46.6 Å². The largest absolute Gasteiger partial charge is 0.455 e. The minimum absolute atomic E-state index is 0.0899. The highest BCUT2D eigenvalue weighted by atomic mass is 19.4. The monoisotopic (exact) mass is 467 g/mol. The van der Waals surface area contributed by atoms with E-state index >= 15 is 0 Å². The minimum Gasteiger partial charge on any atom is -0.258 e. The summed E-state index contributed by atoms with van der Waals surface area (Å²) in [4.78, 5) is 17.6. The molecule has 1 aromatic carbocycles. The SMILES string of the molecule is O=[N+]([O-])c1cc(C(F)(F)F)ccc1C=Nc1cc2cnn(CC(F)(F)C(F)(F)F)c2cn1. The molecule has 32 heavy (non-hydrogen) atoms. The molecule has 0 aliphatic heterocycles. The second-order valence-corrected chi connectivity index (χ2v) is 6.39. The quantitative estimate of drug-likeness (QED) is 0.220. The molecule has 0 fully saturated rings. The summed E-state index contributed by atoms with van der Waals surface area (Å²) in [5, 5.41) is 14.6. The highest BCUT2D eigenvalue weighted by Crippen LogP contribution is 2.37. The van der Waals surface area contributed by atoms with Crippen molar-refractivity contribution in [3.8, 4) is 0 Å². The van der Waals surface area contributed by atoms with Crippen molar-refractivity contribution in [1.82, 2.24) is 14.8 Å². The molecule has 0 aliphatic carbocycles.